The molecule has 0 saturated carbocycles. The summed E-state index contributed by atoms with van der Waals surface area (Å²) < 4.78 is 28.3. The first-order chi connectivity index (χ1) is 38.6. The van der Waals surface area contributed by atoms with Crippen molar-refractivity contribution in [2.45, 2.75) is 263 Å². The standard InChI is InChI=1S/C67H106O12/c1-4-7-10-13-16-19-22-25-28-29-30-31-34-35-38-41-44-47-50-53-59(68)75-56-58(77-60(69)54-51-48-45-42-39-36-32-26-23-20-17-14-11-8-5-2)57-76-67-65(63(72)62(71)64(79-67)66(73)74)78-61(70)55-52-49-46-43-40-37-33-27-24-21-18-15-12-9-6-3/h7,9-10,12,16,18-19,21,25-28,30-33,40,43,49,52,58,62-65,67,71-72H,4-6,8,11,13-15,17,20,22-24,29,34-39,41-42,44-48,50-51,53-57H2,1-3H3,(H,73,74)/b10-7-,12-9-,19-16-,21-18-,28-25-,31-30-,32-26-,33-27-,43-40-,52-49-. The zero-order chi connectivity index (χ0) is 57.5. The Morgan fingerprint density at radius 3 is 1.29 bits per heavy atom. The molecule has 0 aromatic carbocycles. The second kappa shape index (κ2) is 53.7. The van der Waals surface area contributed by atoms with Gasteiger partial charge in [-0.3, -0.25) is 14.4 Å². The minimum Gasteiger partial charge on any atom is -0.479 e. The number of unbranched alkanes of at least 4 members (excludes halogenated alkanes) is 17. The molecule has 1 aliphatic heterocycles. The molecule has 3 N–H and O–H groups in total. The van der Waals surface area contributed by atoms with Crippen LogP contribution in [-0.4, -0.2) is 89.2 Å². The number of carboxylic acid groups (broad SMARTS) is 1. The van der Waals surface area contributed by atoms with Crippen LogP contribution in [0.3, 0.4) is 0 Å². The molecule has 1 saturated heterocycles. The van der Waals surface area contributed by atoms with Gasteiger partial charge < -0.3 is 39.0 Å². The van der Waals surface area contributed by atoms with Gasteiger partial charge in [0.2, 0.25) is 0 Å². The molecular formula is C67H106O12. The van der Waals surface area contributed by atoms with Crippen molar-refractivity contribution in [2.24, 2.45) is 0 Å². The van der Waals surface area contributed by atoms with E-state index in [0.717, 1.165) is 128 Å². The highest BCUT2D eigenvalue weighted by Gasteiger charge is 2.50. The van der Waals surface area contributed by atoms with Crippen LogP contribution in [0.25, 0.3) is 0 Å². The second-order valence-electron chi connectivity index (χ2n) is 20.2. The van der Waals surface area contributed by atoms with Crippen LogP contribution in [0.1, 0.15) is 226 Å². The summed E-state index contributed by atoms with van der Waals surface area (Å²) in [7, 11) is 0. The molecule has 6 unspecified atom stereocenters. The quantitative estimate of drug-likeness (QED) is 0.0228. The number of esters is 3. The third-order valence-corrected chi connectivity index (χ3v) is 13.0. The lowest BCUT2D eigenvalue weighted by Crippen LogP contribution is -2.61. The molecular weight excluding hydrogens is 997 g/mol. The Morgan fingerprint density at radius 2 is 0.835 bits per heavy atom. The van der Waals surface area contributed by atoms with Gasteiger partial charge >= 0.3 is 23.9 Å². The Bertz CT molecular complexity index is 1840. The van der Waals surface area contributed by atoms with E-state index in [2.05, 4.69) is 118 Å². The molecule has 0 aliphatic carbocycles. The number of aliphatic carboxylic acids is 1. The summed E-state index contributed by atoms with van der Waals surface area (Å²) in [6, 6.07) is 0. The molecule has 1 rings (SSSR count). The average molecular weight is 1100 g/mol. The highest BCUT2D eigenvalue weighted by molar-refractivity contribution is 5.74. The normalized spacial score (nSPS) is 18.7. The molecule has 0 aromatic heterocycles. The van der Waals surface area contributed by atoms with Crippen LogP contribution in [0, 0.1) is 0 Å². The first kappa shape index (κ1) is 72.1. The Balaban J connectivity index is 2.74. The zero-order valence-electron chi connectivity index (χ0n) is 49.1. The van der Waals surface area contributed by atoms with Gasteiger partial charge in [0.1, 0.15) is 18.8 Å². The van der Waals surface area contributed by atoms with Gasteiger partial charge in [-0.2, -0.15) is 0 Å². The fraction of sp³-hybridized carbons (Fsp3) is 0.642. The van der Waals surface area contributed by atoms with E-state index in [1.807, 2.05) is 12.2 Å². The largest absolute Gasteiger partial charge is 0.479 e. The Hall–Kier alpha value is -4.88. The molecule has 1 heterocycles. The molecule has 0 bridgehead atoms. The van der Waals surface area contributed by atoms with Gasteiger partial charge in [0, 0.05) is 12.8 Å². The number of ether oxygens (including phenoxy) is 5. The molecule has 0 aromatic rings. The van der Waals surface area contributed by atoms with Gasteiger partial charge in [0.15, 0.2) is 24.6 Å². The van der Waals surface area contributed by atoms with E-state index in [-0.39, 0.29) is 25.9 Å². The smallest absolute Gasteiger partial charge is 0.335 e. The van der Waals surface area contributed by atoms with E-state index in [4.69, 9.17) is 23.7 Å². The van der Waals surface area contributed by atoms with Gasteiger partial charge in [0.05, 0.1) is 13.0 Å². The molecule has 0 amide bonds. The number of carbonyl (C=O) groups excluding carboxylic acids is 3. The molecule has 12 nitrogen and oxygen atoms in total. The Kier molecular flexibility index (Phi) is 49.1. The monoisotopic (exact) mass is 1100 g/mol. The van der Waals surface area contributed by atoms with Gasteiger partial charge in [-0.25, -0.2) is 4.79 Å². The van der Waals surface area contributed by atoms with Crippen LogP contribution in [0.2, 0.25) is 0 Å². The number of hydrogen-bond acceptors (Lipinski definition) is 11. The van der Waals surface area contributed by atoms with Gasteiger partial charge in [-0.05, 0) is 109 Å². The zero-order valence-corrected chi connectivity index (χ0v) is 49.1. The number of aliphatic hydroxyl groups excluding tert-OH is 2. The van der Waals surface area contributed by atoms with E-state index < -0.39 is 67.3 Å². The number of carboxylic acids is 1. The van der Waals surface area contributed by atoms with Crippen molar-refractivity contribution >= 4 is 23.9 Å². The van der Waals surface area contributed by atoms with Gasteiger partial charge in [-0.1, -0.05) is 219 Å². The lowest BCUT2D eigenvalue weighted by Gasteiger charge is -2.40. The Morgan fingerprint density at radius 1 is 0.443 bits per heavy atom. The fourth-order valence-corrected chi connectivity index (χ4v) is 8.43. The maximum absolute atomic E-state index is 13.2. The predicted octanol–water partition coefficient (Wildman–Crippen LogP) is 16.0. The predicted molar refractivity (Wildman–Crippen MR) is 321 cm³/mol. The second-order valence-corrected chi connectivity index (χ2v) is 20.2. The van der Waals surface area contributed by atoms with Crippen LogP contribution in [0.4, 0.5) is 0 Å². The van der Waals surface area contributed by atoms with E-state index >= 15 is 0 Å². The highest BCUT2D eigenvalue weighted by atomic mass is 16.7. The molecule has 79 heavy (non-hydrogen) atoms. The lowest BCUT2D eigenvalue weighted by molar-refractivity contribution is -0.301. The molecule has 0 radical (unpaired) electrons. The summed E-state index contributed by atoms with van der Waals surface area (Å²) in [4.78, 5) is 51.1. The van der Waals surface area contributed by atoms with Crippen LogP contribution in [0.5, 0.6) is 0 Å². The van der Waals surface area contributed by atoms with Crippen molar-refractivity contribution in [1.82, 2.24) is 0 Å². The summed E-state index contributed by atoms with van der Waals surface area (Å²) in [5.41, 5.74) is 0. The SMILES string of the molecule is CC/C=C\C/C=C\C/C=C\C/C=C\C/C=C\CC(=O)OC1C(OCC(COC(=O)CCCCCCCC/C=C\C/C=C\C/C=C\C/C=C\CC)OC(=O)CCCCCCC/C=C\CCCCCCCC)OC(C(=O)O)C(O)C1O. The summed E-state index contributed by atoms with van der Waals surface area (Å²) in [5, 5.41) is 31.5. The van der Waals surface area contributed by atoms with E-state index in [1.54, 1.807) is 12.2 Å². The third kappa shape index (κ3) is 43.6. The number of rotatable bonds is 50. The van der Waals surface area contributed by atoms with Crippen molar-refractivity contribution in [3.63, 3.8) is 0 Å². The molecule has 12 heteroatoms. The van der Waals surface area contributed by atoms with Crippen molar-refractivity contribution in [1.29, 1.82) is 0 Å². The first-order valence-corrected chi connectivity index (χ1v) is 30.5. The molecule has 0 spiro atoms. The maximum Gasteiger partial charge on any atom is 0.335 e. The maximum atomic E-state index is 13.2. The van der Waals surface area contributed by atoms with E-state index in [0.29, 0.717) is 19.3 Å². The Labute approximate surface area is 478 Å². The van der Waals surface area contributed by atoms with Gasteiger partial charge in [0.25, 0.3) is 0 Å². The summed E-state index contributed by atoms with van der Waals surface area (Å²) in [6.07, 6.45) is 61.9. The molecule has 446 valence electrons. The van der Waals surface area contributed by atoms with Gasteiger partial charge in [-0.15, -0.1) is 0 Å². The number of allylic oxidation sites excluding steroid dienone is 19. The number of aliphatic hydroxyl groups is 2. The van der Waals surface area contributed by atoms with Crippen LogP contribution in [0.15, 0.2) is 122 Å². The third-order valence-electron chi connectivity index (χ3n) is 13.0. The van der Waals surface area contributed by atoms with Crippen LogP contribution in [-0.2, 0) is 42.9 Å². The van der Waals surface area contributed by atoms with Crippen molar-refractivity contribution in [2.75, 3.05) is 13.2 Å². The molecule has 1 aliphatic rings. The van der Waals surface area contributed by atoms with Crippen molar-refractivity contribution in [3.05, 3.63) is 122 Å². The minimum atomic E-state index is -1.94. The topological polar surface area (TPSA) is 175 Å². The van der Waals surface area contributed by atoms with Crippen molar-refractivity contribution in [3.8, 4) is 0 Å². The van der Waals surface area contributed by atoms with Crippen molar-refractivity contribution < 1.29 is 58.2 Å². The summed E-state index contributed by atoms with van der Waals surface area (Å²) in [6.45, 7) is 5.69. The number of hydrogen-bond donors (Lipinski definition) is 3. The average Bonchev–Trinajstić information content (AvgIpc) is 3.44. The lowest BCUT2D eigenvalue weighted by atomic mass is 9.98. The summed E-state index contributed by atoms with van der Waals surface area (Å²) >= 11 is 0. The van der Waals surface area contributed by atoms with E-state index in [9.17, 15) is 34.5 Å². The number of carbonyl (C=O) groups is 4. The van der Waals surface area contributed by atoms with Crippen LogP contribution < -0.4 is 0 Å². The first-order valence-electron chi connectivity index (χ1n) is 30.5. The summed E-state index contributed by atoms with van der Waals surface area (Å²) in [5.74, 6) is -3.32. The van der Waals surface area contributed by atoms with E-state index in [1.165, 1.54) is 38.5 Å². The van der Waals surface area contributed by atoms with Crippen LogP contribution >= 0.6 is 0 Å². The molecule has 1 fully saturated rings. The fourth-order valence-electron chi connectivity index (χ4n) is 8.43. The molecule has 6 atom stereocenters. The minimum absolute atomic E-state index is 0.133. The highest BCUT2D eigenvalue weighted by Crippen LogP contribution is 2.26.